The van der Waals surface area contributed by atoms with Crippen LogP contribution in [0.1, 0.15) is 24.5 Å². The fourth-order valence-electron chi connectivity index (χ4n) is 1.96. The predicted molar refractivity (Wildman–Crippen MR) is 83.1 cm³/mol. The van der Waals surface area contributed by atoms with E-state index in [2.05, 4.69) is 10.1 Å². The van der Waals surface area contributed by atoms with E-state index in [0.717, 1.165) is 30.7 Å². The van der Waals surface area contributed by atoms with Crippen LogP contribution in [0, 0.1) is 0 Å². The summed E-state index contributed by atoms with van der Waals surface area (Å²) in [6, 6.07) is 12.0. The first-order valence-corrected chi connectivity index (χ1v) is 7.06. The van der Waals surface area contributed by atoms with E-state index in [1.165, 1.54) is 11.1 Å². The van der Waals surface area contributed by atoms with Crippen LogP contribution in [-0.4, -0.2) is 22.5 Å². The zero-order valence-electron chi connectivity index (χ0n) is 12.2. The lowest BCUT2D eigenvalue weighted by Gasteiger charge is -2.07. The number of hydrogen-bond acceptors (Lipinski definition) is 4. The second-order valence-corrected chi connectivity index (χ2v) is 4.94. The second-order valence-electron chi connectivity index (χ2n) is 4.94. The number of benzene rings is 1. The number of ether oxygens (including phenoxy) is 1. The van der Waals surface area contributed by atoms with E-state index in [1.807, 2.05) is 49.5 Å². The van der Waals surface area contributed by atoms with Crippen LogP contribution in [0.2, 0.25) is 0 Å². The number of hydrogen-bond donors (Lipinski definition) is 1. The topological polar surface area (TPSA) is 54.7 Å². The Morgan fingerprint density at radius 3 is 2.62 bits per heavy atom. The molecule has 2 rings (SSSR count). The van der Waals surface area contributed by atoms with Crippen LogP contribution < -0.4 is 4.74 Å². The van der Waals surface area contributed by atoms with Crippen LogP contribution in [0.25, 0.3) is 0 Å². The Morgan fingerprint density at radius 1 is 1.14 bits per heavy atom. The number of nitrogens with zero attached hydrogens (tertiary/aromatic N) is 2. The first-order valence-electron chi connectivity index (χ1n) is 7.06. The molecule has 0 fully saturated rings. The van der Waals surface area contributed by atoms with Gasteiger partial charge in [0.15, 0.2) is 0 Å². The van der Waals surface area contributed by atoms with Gasteiger partial charge in [0.25, 0.3) is 0 Å². The minimum Gasteiger partial charge on any atom is -0.493 e. The Bertz CT molecular complexity index is 565. The predicted octanol–water partition coefficient (Wildman–Crippen LogP) is 3.49. The molecule has 0 aliphatic rings. The molecule has 4 nitrogen and oxygen atoms in total. The maximum Gasteiger partial charge on any atom is 0.119 e. The Balaban J connectivity index is 1.77. The minimum absolute atomic E-state index is 0.640. The summed E-state index contributed by atoms with van der Waals surface area (Å²) in [6.07, 6.45) is 6.11. The van der Waals surface area contributed by atoms with Crippen molar-refractivity contribution in [2.45, 2.75) is 26.2 Å². The van der Waals surface area contributed by atoms with Gasteiger partial charge >= 0.3 is 0 Å². The molecule has 4 heteroatoms. The van der Waals surface area contributed by atoms with E-state index >= 15 is 0 Å². The van der Waals surface area contributed by atoms with E-state index in [-0.39, 0.29) is 0 Å². The molecule has 21 heavy (non-hydrogen) atoms. The maximum atomic E-state index is 8.61. The normalized spacial score (nSPS) is 11.4. The van der Waals surface area contributed by atoms with Crippen LogP contribution in [0.4, 0.5) is 0 Å². The van der Waals surface area contributed by atoms with E-state index in [0.29, 0.717) is 6.61 Å². The number of pyridine rings is 1. The zero-order chi connectivity index (χ0) is 14.9. The molecule has 110 valence electrons. The average molecular weight is 284 g/mol. The fourth-order valence-corrected chi connectivity index (χ4v) is 1.96. The lowest BCUT2D eigenvalue weighted by atomic mass is 10.1. The third kappa shape index (κ3) is 5.26. The van der Waals surface area contributed by atoms with Crippen molar-refractivity contribution in [2.75, 3.05) is 6.61 Å². The lowest BCUT2D eigenvalue weighted by molar-refractivity contribution is 0.317. The third-order valence-corrected chi connectivity index (χ3v) is 3.25. The minimum atomic E-state index is 0.640. The Kier molecular flexibility index (Phi) is 5.76. The zero-order valence-corrected chi connectivity index (χ0v) is 12.2. The van der Waals surface area contributed by atoms with Crippen molar-refractivity contribution in [3.8, 4) is 5.75 Å². The summed E-state index contributed by atoms with van der Waals surface area (Å²) < 4.78 is 5.72. The van der Waals surface area contributed by atoms with Crippen molar-refractivity contribution in [2.24, 2.45) is 5.16 Å². The van der Waals surface area contributed by atoms with Crippen LogP contribution in [-0.2, 0) is 12.8 Å². The number of aryl methyl sites for hydroxylation is 1. The Labute approximate surface area is 125 Å². The van der Waals surface area contributed by atoms with E-state index < -0.39 is 0 Å². The van der Waals surface area contributed by atoms with Crippen molar-refractivity contribution in [1.82, 2.24) is 4.98 Å². The summed E-state index contributed by atoms with van der Waals surface area (Å²) >= 11 is 0. The molecule has 0 bridgehead atoms. The molecule has 0 aliphatic carbocycles. The molecule has 0 saturated carbocycles. The number of aromatic nitrogens is 1. The molecule has 1 aromatic carbocycles. The molecular weight excluding hydrogens is 264 g/mol. The molecule has 1 aromatic heterocycles. The highest BCUT2D eigenvalue weighted by molar-refractivity contribution is 5.81. The molecule has 1 heterocycles. The summed E-state index contributed by atoms with van der Waals surface area (Å²) in [5, 5.41) is 11.8. The van der Waals surface area contributed by atoms with Crippen molar-refractivity contribution in [1.29, 1.82) is 0 Å². The average Bonchev–Trinajstić information content (AvgIpc) is 2.55. The summed E-state index contributed by atoms with van der Waals surface area (Å²) in [4.78, 5) is 4.08. The number of oxime groups is 1. The van der Waals surface area contributed by atoms with E-state index in [4.69, 9.17) is 9.94 Å². The van der Waals surface area contributed by atoms with Crippen molar-refractivity contribution < 1.29 is 9.94 Å². The highest BCUT2D eigenvalue weighted by atomic mass is 16.5. The van der Waals surface area contributed by atoms with Gasteiger partial charge in [-0.2, -0.15) is 0 Å². The Morgan fingerprint density at radius 2 is 1.95 bits per heavy atom. The molecule has 0 atom stereocenters. The molecule has 0 unspecified atom stereocenters. The van der Waals surface area contributed by atoms with Gasteiger partial charge in [-0.25, -0.2) is 0 Å². The van der Waals surface area contributed by atoms with Crippen LogP contribution in [0.5, 0.6) is 5.75 Å². The first-order chi connectivity index (χ1) is 10.3. The SMILES string of the molecule is CC(CCc1ccc(OCCc2cccnc2)cc1)=NO. The molecule has 0 amide bonds. The summed E-state index contributed by atoms with van der Waals surface area (Å²) in [6.45, 7) is 2.46. The summed E-state index contributed by atoms with van der Waals surface area (Å²) in [5.41, 5.74) is 3.12. The van der Waals surface area contributed by atoms with Crippen LogP contribution in [0.3, 0.4) is 0 Å². The van der Waals surface area contributed by atoms with Gasteiger partial charge in [-0.3, -0.25) is 4.98 Å². The maximum absolute atomic E-state index is 8.61. The van der Waals surface area contributed by atoms with Crippen molar-refractivity contribution in [3.63, 3.8) is 0 Å². The lowest BCUT2D eigenvalue weighted by Crippen LogP contribution is -2.01. The largest absolute Gasteiger partial charge is 0.493 e. The fraction of sp³-hybridized carbons (Fsp3) is 0.294. The molecule has 0 aliphatic heterocycles. The first kappa shape index (κ1) is 15.0. The van der Waals surface area contributed by atoms with Gasteiger partial charge in [-0.1, -0.05) is 23.4 Å². The van der Waals surface area contributed by atoms with E-state index in [1.54, 1.807) is 6.20 Å². The third-order valence-electron chi connectivity index (χ3n) is 3.25. The molecule has 2 aromatic rings. The molecule has 0 saturated heterocycles. The summed E-state index contributed by atoms with van der Waals surface area (Å²) in [5.74, 6) is 0.871. The molecular formula is C17H20N2O2. The summed E-state index contributed by atoms with van der Waals surface area (Å²) in [7, 11) is 0. The number of rotatable bonds is 7. The van der Waals surface area contributed by atoms with Gasteiger partial charge in [0.1, 0.15) is 5.75 Å². The standard InChI is InChI=1S/C17H20N2O2/c1-14(19-20)4-5-15-6-8-17(9-7-15)21-12-10-16-3-2-11-18-13-16/h2-3,6-9,11,13,20H,4-5,10,12H2,1H3. The van der Waals surface area contributed by atoms with Crippen molar-refractivity contribution >= 4 is 5.71 Å². The molecule has 0 radical (unpaired) electrons. The molecule has 1 N–H and O–H groups in total. The van der Waals surface area contributed by atoms with Crippen LogP contribution in [0.15, 0.2) is 53.9 Å². The highest BCUT2D eigenvalue weighted by Crippen LogP contribution is 2.14. The second kappa shape index (κ2) is 8.04. The van der Waals surface area contributed by atoms with Gasteiger partial charge in [-0.05, 0) is 49.1 Å². The van der Waals surface area contributed by atoms with Gasteiger partial charge in [-0.15, -0.1) is 0 Å². The smallest absolute Gasteiger partial charge is 0.119 e. The van der Waals surface area contributed by atoms with Gasteiger partial charge in [0, 0.05) is 18.8 Å². The van der Waals surface area contributed by atoms with Crippen LogP contribution >= 0.6 is 0 Å². The monoisotopic (exact) mass is 284 g/mol. The molecule has 0 spiro atoms. The Hall–Kier alpha value is -2.36. The van der Waals surface area contributed by atoms with Gasteiger partial charge in [0.2, 0.25) is 0 Å². The van der Waals surface area contributed by atoms with E-state index in [9.17, 15) is 0 Å². The quantitative estimate of drug-likeness (QED) is 0.481. The van der Waals surface area contributed by atoms with Gasteiger partial charge in [0.05, 0.1) is 12.3 Å². The highest BCUT2D eigenvalue weighted by Gasteiger charge is 1.99. The van der Waals surface area contributed by atoms with Crippen molar-refractivity contribution in [3.05, 3.63) is 59.9 Å². The van der Waals surface area contributed by atoms with Gasteiger partial charge < -0.3 is 9.94 Å².